The smallest absolute Gasteiger partial charge is 0.0806 e. The molecule has 0 aliphatic carbocycles. The van der Waals surface area contributed by atoms with E-state index in [1.807, 2.05) is 6.92 Å². The zero-order valence-electron chi connectivity index (χ0n) is 8.94. The Morgan fingerprint density at radius 3 is 2.67 bits per heavy atom. The molecule has 2 aromatic rings. The number of benzene rings is 2. The Balaban J connectivity index is 2.16. The molecule has 0 saturated heterocycles. The van der Waals surface area contributed by atoms with E-state index >= 15 is 0 Å². The molecule has 77 valence electrons. The Kier molecular flexibility index (Phi) is 3.36. The molecule has 1 nitrogen and oxygen atoms in total. The second kappa shape index (κ2) is 4.94. The highest BCUT2D eigenvalue weighted by Crippen LogP contribution is 2.15. The monoisotopic (exact) mass is 199 g/mol. The van der Waals surface area contributed by atoms with E-state index in [1.165, 1.54) is 16.3 Å². The van der Waals surface area contributed by atoms with Crippen molar-refractivity contribution in [3.8, 4) is 0 Å². The van der Waals surface area contributed by atoms with E-state index < -0.39 is 0 Å². The molecule has 0 unspecified atom stereocenters. The summed E-state index contributed by atoms with van der Waals surface area (Å²) in [6.07, 6.45) is 0.967. The lowest BCUT2D eigenvalue weighted by atomic mass is 10.1. The summed E-state index contributed by atoms with van der Waals surface area (Å²) >= 11 is 0. The lowest BCUT2D eigenvalue weighted by Crippen LogP contribution is -1.94. The summed E-state index contributed by atoms with van der Waals surface area (Å²) in [7, 11) is 0. The summed E-state index contributed by atoms with van der Waals surface area (Å²) in [5.41, 5.74) is 1.33. The van der Waals surface area contributed by atoms with Gasteiger partial charge in [-0.1, -0.05) is 42.5 Å². The van der Waals surface area contributed by atoms with Gasteiger partial charge in [0.25, 0.3) is 0 Å². The van der Waals surface area contributed by atoms with Crippen LogP contribution in [0.2, 0.25) is 0 Å². The molecule has 0 saturated carbocycles. The Bertz CT molecular complexity index is 434. The second-order valence-corrected chi connectivity index (χ2v) is 3.54. The van der Waals surface area contributed by atoms with E-state index in [0.29, 0.717) is 0 Å². The fraction of sp³-hybridized carbons (Fsp3) is 0.214. The maximum Gasteiger partial charge on any atom is 0.0806 e. The molecule has 0 aliphatic heterocycles. The molecule has 0 N–H and O–H groups in total. The minimum atomic E-state index is 0.759. The minimum absolute atomic E-state index is 0.759. The lowest BCUT2D eigenvalue weighted by molar-refractivity contribution is 0.208. The SMILES string of the molecule is C[CH]OCCc1ccc2ccccc2c1. The Morgan fingerprint density at radius 1 is 1.07 bits per heavy atom. The van der Waals surface area contributed by atoms with Crippen LogP contribution in [0.4, 0.5) is 0 Å². The normalized spacial score (nSPS) is 10.7. The highest BCUT2D eigenvalue weighted by Gasteiger charge is 1.95. The van der Waals surface area contributed by atoms with Gasteiger partial charge in [-0.3, -0.25) is 0 Å². The largest absolute Gasteiger partial charge is 0.375 e. The van der Waals surface area contributed by atoms with E-state index in [9.17, 15) is 0 Å². The summed E-state index contributed by atoms with van der Waals surface area (Å²) in [6, 6.07) is 15.0. The molecule has 0 heterocycles. The van der Waals surface area contributed by atoms with Gasteiger partial charge >= 0.3 is 0 Å². The van der Waals surface area contributed by atoms with E-state index in [2.05, 4.69) is 42.5 Å². The van der Waals surface area contributed by atoms with Crippen LogP contribution in [0.25, 0.3) is 10.8 Å². The number of rotatable bonds is 4. The first kappa shape index (κ1) is 10.2. The van der Waals surface area contributed by atoms with Gasteiger partial charge in [-0.2, -0.15) is 0 Å². The molecular formula is C14H15O. The van der Waals surface area contributed by atoms with Gasteiger partial charge in [-0.25, -0.2) is 0 Å². The van der Waals surface area contributed by atoms with Crippen LogP contribution in [0.1, 0.15) is 12.5 Å². The maximum atomic E-state index is 5.22. The summed E-state index contributed by atoms with van der Waals surface area (Å²) in [5.74, 6) is 0. The molecule has 2 aromatic carbocycles. The molecule has 0 bridgehead atoms. The van der Waals surface area contributed by atoms with Crippen molar-refractivity contribution in [2.75, 3.05) is 6.61 Å². The average Bonchev–Trinajstić information content (AvgIpc) is 2.29. The van der Waals surface area contributed by atoms with Crippen molar-refractivity contribution in [1.29, 1.82) is 0 Å². The van der Waals surface area contributed by atoms with Crippen molar-refractivity contribution in [1.82, 2.24) is 0 Å². The molecule has 2 rings (SSSR count). The summed E-state index contributed by atoms with van der Waals surface area (Å²) in [6.45, 7) is 4.40. The number of fused-ring (bicyclic) bond motifs is 1. The average molecular weight is 199 g/mol. The second-order valence-electron chi connectivity index (χ2n) is 3.54. The van der Waals surface area contributed by atoms with Crippen LogP contribution >= 0.6 is 0 Å². The van der Waals surface area contributed by atoms with E-state index in [1.54, 1.807) is 6.61 Å². The summed E-state index contributed by atoms with van der Waals surface area (Å²) < 4.78 is 5.22. The molecule has 1 radical (unpaired) electrons. The lowest BCUT2D eigenvalue weighted by Gasteiger charge is -2.03. The zero-order chi connectivity index (χ0) is 10.5. The van der Waals surface area contributed by atoms with Gasteiger partial charge in [0.15, 0.2) is 0 Å². The predicted molar refractivity (Wildman–Crippen MR) is 63.6 cm³/mol. The van der Waals surface area contributed by atoms with Gasteiger partial charge in [0.05, 0.1) is 13.2 Å². The quantitative estimate of drug-likeness (QED) is 0.684. The molecule has 0 fully saturated rings. The zero-order valence-corrected chi connectivity index (χ0v) is 8.94. The molecule has 0 aromatic heterocycles. The first-order chi connectivity index (χ1) is 7.40. The van der Waals surface area contributed by atoms with Crippen molar-refractivity contribution < 1.29 is 4.74 Å². The van der Waals surface area contributed by atoms with Gasteiger partial charge in [0.2, 0.25) is 0 Å². The van der Waals surface area contributed by atoms with Crippen molar-refractivity contribution in [2.24, 2.45) is 0 Å². The highest BCUT2D eigenvalue weighted by atomic mass is 16.5. The summed E-state index contributed by atoms with van der Waals surface area (Å²) in [5, 5.41) is 2.60. The van der Waals surface area contributed by atoms with Gasteiger partial charge < -0.3 is 4.74 Å². The molecule has 1 heteroatoms. The molecule has 0 aliphatic rings. The fourth-order valence-corrected chi connectivity index (χ4v) is 1.69. The van der Waals surface area contributed by atoms with Crippen LogP contribution in [0.15, 0.2) is 42.5 Å². The van der Waals surface area contributed by atoms with Crippen molar-refractivity contribution in [3.05, 3.63) is 54.6 Å². The third kappa shape index (κ3) is 2.57. The van der Waals surface area contributed by atoms with Crippen molar-refractivity contribution in [3.63, 3.8) is 0 Å². The van der Waals surface area contributed by atoms with Crippen LogP contribution in [0.3, 0.4) is 0 Å². The fourth-order valence-electron chi connectivity index (χ4n) is 1.69. The Morgan fingerprint density at radius 2 is 1.87 bits per heavy atom. The maximum absolute atomic E-state index is 5.22. The van der Waals surface area contributed by atoms with Crippen LogP contribution < -0.4 is 0 Å². The van der Waals surface area contributed by atoms with E-state index in [-0.39, 0.29) is 0 Å². The first-order valence-electron chi connectivity index (χ1n) is 5.27. The van der Waals surface area contributed by atoms with Gasteiger partial charge in [-0.05, 0) is 29.7 Å². The summed E-state index contributed by atoms with van der Waals surface area (Å²) in [4.78, 5) is 0. The highest BCUT2D eigenvalue weighted by molar-refractivity contribution is 5.82. The first-order valence-corrected chi connectivity index (χ1v) is 5.27. The Labute approximate surface area is 90.7 Å². The molecule has 0 spiro atoms. The molecule has 0 atom stereocenters. The topological polar surface area (TPSA) is 9.23 Å². The van der Waals surface area contributed by atoms with Crippen molar-refractivity contribution in [2.45, 2.75) is 13.3 Å². The Hall–Kier alpha value is -1.34. The van der Waals surface area contributed by atoms with Gasteiger partial charge in [0, 0.05) is 0 Å². The molecule has 15 heavy (non-hydrogen) atoms. The molecule has 0 amide bonds. The van der Waals surface area contributed by atoms with E-state index in [4.69, 9.17) is 4.74 Å². The molecular weight excluding hydrogens is 184 g/mol. The third-order valence-electron chi connectivity index (χ3n) is 2.49. The minimum Gasteiger partial charge on any atom is -0.375 e. The number of hydrogen-bond donors (Lipinski definition) is 0. The number of hydrogen-bond acceptors (Lipinski definition) is 1. The van der Waals surface area contributed by atoms with Crippen LogP contribution in [0, 0.1) is 6.61 Å². The third-order valence-corrected chi connectivity index (χ3v) is 2.49. The van der Waals surface area contributed by atoms with Crippen LogP contribution in [-0.2, 0) is 11.2 Å². The van der Waals surface area contributed by atoms with Gasteiger partial charge in [-0.15, -0.1) is 0 Å². The van der Waals surface area contributed by atoms with Crippen molar-refractivity contribution >= 4 is 10.8 Å². The van der Waals surface area contributed by atoms with Crippen LogP contribution in [0.5, 0.6) is 0 Å². The van der Waals surface area contributed by atoms with Gasteiger partial charge in [0.1, 0.15) is 0 Å². The predicted octanol–water partition coefficient (Wildman–Crippen LogP) is 3.58. The standard InChI is InChI=1S/C14H15O/c1-2-15-10-9-12-7-8-13-5-3-4-6-14(13)11-12/h2-8,11H,9-10H2,1H3. The van der Waals surface area contributed by atoms with Crippen LogP contribution in [-0.4, -0.2) is 6.61 Å². The number of ether oxygens (including phenoxy) is 1. The van der Waals surface area contributed by atoms with E-state index in [0.717, 1.165) is 13.0 Å².